The van der Waals surface area contributed by atoms with E-state index in [9.17, 15) is 9.59 Å². The summed E-state index contributed by atoms with van der Waals surface area (Å²) in [6, 6.07) is 6.35. The molecule has 2 amide bonds. The first-order valence-electron chi connectivity index (χ1n) is 12.9. The summed E-state index contributed by atoms with van der Waals surface area (Å²) in [5.74, 6) is 0.671. The number of amides is 2. The lowest BCUT2D eigenvalue weighted by molar-refractivity contribution is -0.127. The summed E-state index contributed by atoms with van der Waals surface area (Å²) in [5.41, 5.74) is 4.22. The largest absolute Gasteiger partial charge is 0.490 e. The van der Waals surface area contributed by atoms with Crippen LogP contribution in [0.5, 0.6) is 5.75 Å². The number of carbonyl (C=O) groups is 2. The van der Waals surface area contributed by atoms with Crippen LogP contribution in [0.4, 0.5) is 4.79 Å². The Hall–Kier alpha value is -3.09. The van der Waals surface area contributed by atoms with Crippen LogP contribution < -0.4 is 4.74 Å². The summed E-state index contributed by atoms with van der Waals surface area (Å²) in [4.78, 5) is 31.4. The van der Waals surface area contributed by atoms with Gasteiger partial charge in [0.1, 0.15) is 17.7 Å². The highest BCUT2D eigenvalue weighted by molar-refractivity contribution is 6.05. The van der Waals surface area contributed by atoms with Gasteiger partial charge in [-0.25, -0.2) is 14.7 Å². The van der Waals surface area contributed by atoms with Crippen LogP contribution in [-0.2, 0) is 22.4 Å². The maximum Gasteiger partial charge on any atom is 0.417 e. The lowest BCUT2D eigenvalue weighted by atomic mass is 9.97. The molecule has 2 aromatic rings. The number of imide groups is 1. The molecule has 1 saturated carbocycles. The second-order valence-corrected chi connectivity index (χ2v) is 10.8. The summed E-state index contributed by atoms with van der Waals surface area (Å²) in [7, 11) is 0. The molecule has 1 aromatic heterocycles. The van der Waals surface area contributed by atoms with Crippen LogP contribution in [0.2, 0.25) is 0 Å². The van der Waals surface area contributed by atoms with Crippen LogP contribution in [0, 0.1) is 0 Å². The average molecular weight is 478 g/mol. The molecule has 0 radical (unpaired) electrons. The molecule has 1 saturated heterocycles. The minimum Gasteiger partial charge on any atom is -0.490 e. The molecule has 2 aliphatic heterocycles. The van der Waals surface area contributed by atoms with Crippen molar-refractivity contribution in [2.45, 2.75) is 90.3 Å². The Morgan fingerprint density at radius 2 is 1.89 bits per heavy atom. The molecule has 2 fully saturated rings. The molecular formula is C28H35N3O4. The van der Waals surface area contributed by atoms with E-state index >= 15 is 0 Å². The van der Waals surface area contributed by atoms with Gasteiger partial charge in [-0.2, -0.15) is 0 Å². The molecule has 7 heteroatoms. The number of imidazole rings is 1. The van der Waals surface area contributed by atoms with Gasteiger partial charge in [-0.1, -0.05) is 6.42 Å². The molecule has 186 valence electrons. The van der Waals surface area contributed by atoms with E-state index in [0.29, 0.717) is 24.6 Å². The van der Waals surface area contributed by atoms with Crippen molar-refractivity contribution >= 4 is 18.1 Å². The summed E-state index contributed by atoms with van der Waals surface area (Å²) in [6.07, 6.45) is 12.6. The zero-order chi connectivity index (χ0) is 24.6. The van der Waals surface area contributed by atoms with Crippen LogP contribution >= 0.6 is 0 Å². The number of rotatable bonds is 3. The van der Waals surface area contributed by atoms with Crippen molar-refractivity contribution in [1.29, 1.82) is 0 Å². The third-order valence-electron chi connectivity index (χ3n) is 6.97. The van der Waals surface area contributed by atoms with Crippen LogP contribution in [0.15, 0.2) is 30.1 Å². The summed E-state index contributed by atoms with van der Waals surface area (Å²) < 4.78 is 13.8. The van der Waals surface area contributed by atoms with Crippen LogP contribution in [0.3, 0.4) is 0 Å². The highest BCUT2D eigenvalue weighted by atomic mass is 16.6. The maximum atomic E-state index is 13.1. The first-order chi connectivity index (χ1) is 16.8. The summed E-state index contributed by atoms with van der Waals surface area (Å²) in [5, 5.41) is 0. The molecule has 7 nitrogen and oxygen atoms in total. The van der Waals surface area contributed by atoms with Crippen molar-refractivity contribution in [2.24, 2.45) is 0 Å². The number of ether oxygens (including phenoxy) is 2. The molecular weight excluding hydrogens is 442 g/mol. The third kappa shape index (κ3) is 5.14. The quantitative estimate of drug-likeness (QED) is 0.536. The van der Waals surface area contributed by atoms with Crippen LogP contribution in [0.1, 0.15) is 82.7 Å². The molecule has 1 aromatic carbocycles. The zero-order valence-electron chi connectivity index (χ0n) is 21.0. The minimum atomic E-state index is -0.643. The van der Waals surface area contributed by atoms with E-state index in [2.05, 4.69) is 27.8 Å². The number of aryl methyl sites for hydroxylation is 1. The van der Waals surface area contributed by atoms with Crippen molar-refractivity contribution in [2.75, 3.05) is 6.54 Å². The molecule has 3 heterocycles. The van der Waals surface area contributed by atoms with Crippen molar-refractivity contribution in [3.8, 4) is 11.4 Å². The third-order valence-corrected chi connectivity index (χ3v) is 6.97. The zero-order valence-corrected chi connectivity index (χ0v) is 21.0. The van der Waals surface area contributed by atoms with Crippen LogP contribution in [0.25, 0.3) is 11.8 Å². The van der Waals surface area contributed by atoms with E-state index in [4.69, 9.17) is 9.47 Å². The number of likely N-dealkylation sites (tertiary alicyclic amines) is 1. The highest BCUT2D eigenvalue weighted by Crippen LogP contribution is 2.32. The highest BCUT2D eigenvalue weighted by Gasteiger charge is 2.32. The Balaban J connectivity index is 1.34. The van der Waals surface area contributed by atoms with Gasteiger partial charge in [0.05, 0.1) is 23.2 Å². The monoisotopic (exact) mass is 477 g/mol. The van der Waals surface area contributed by atoms with Gasteiger partial charge in [-0.05, 0) is 102 Å². The number of carbonyl (C=O) groups excluding carboxylic acids is 2. The van der Waals surface area contributed by atoms with Gasteiger partial charge in [-0.15, -0.1) is 0 Å². The second-order valence-electron chi connectivity index (χ2n) is 10.8. The number of benzene rings is 1. The predicted octanol–water partition coefficient (Wildman–Crippen LogP) is 5.62. The fourth-order valence-electron chi connectivity index (χ4n) is 5.26. The van der Waals surface area contributed by atoms with E-state index in [1.807, 2.05) is 12.4 Å². The van der Waals surface area contributed by atoms with E-state index in [1.54, 1.807) is 20.8 Å². The summed E-state index contributed by atoms with van der Waals surface area (Å²) in [6.45, 7) is 5.79. The molecule has 1 aliphatic carbocycles. The van der Waals surface area contributed by atoms with E-state index in [-0.39, 0.29) is 5.91 Å². The second kappa shape index (κ2) is 9.51. The van der Waals surface area contributed by atoms with Gasteiger partial charge >= 0.3 is 6.09 Å². The SMILES string of the molecule is CC(C)(C)OC(=O)N1CCCC(=Cc2ncn3c2CCc2cc(OC4CCCCC4)ccc2-3)C1=O. The van der Waals surface area contributed by atoms with E-state index in [1.165, 1.54) is 29.7 Å². The number of aromatic nitrogens is 2. The standard InChI is InChI=1S/C28H35N3O4/c1-28(2,3)35-27(33)30-15-7-8-20(26(30)32)17-23-25-13-11-19-16-22(34-21-9-5-4-6-10-21)12-14-24(19)31(25)18-29-23/h12,14,16-18,21H,4-11,13,15H2,1-3H3. The normalized spacial score (nSPS) is 19.9. The Bertz CT molecular complexity index is 1150. The van der Waals surface area contributed by atoms with E-state index < -0.39 is 11.7 Å². The molecule has 5 rings (SSSR count). The van der Waals surface area contributed by atoms with Crippen molar-refractivity contribution < 1.29 is 19.1 Å². The maximum absolute atomic E-state index is 13.1. The van der Waals surface area contributed by atoms with Crippen molar-refractivity contribution in [3.05, 3.63) is 47.1 Å². The van der Waals surface area contributed by atoms with Crippen LogP contribution in [-0.4, -0.2) is 44.7 Å². The smallest absolute Gasteiger partial charge is 0.417 e. The van der Waals surface area contributed by atoms with Crippen molar-refractivity contribution in [1.82, 2.24) is 14.5 Å². The molecule has 0 unspecified atom stereocenters. The minimum absolute atomic E-state index is 0.284. The average Bonchev–Trinajstić information content (AvgIpc) is 3.23. The van der Waals surface area contributed by atoms with E-state index in [0.717, 1.165) is 54.9 Å². The summed E-state index contributed by atoms with van der Waals surface area (Å²) >= 11 is 0. The molecule has 0 bridgehead atoms. The lowest BCUT2D eigenvalue weighted by Crippen LogP contribution is -2.44. The molecule has 0 atom stereocenters. The Morgan fingerprint density at radius 3 is 2.66 bits per heavy atom. The van der Waals surface area contributed by atoms with Gasteiger partial charge in [0.25, 0.3) is 5.91 Å². The molecule has 35 heavy (non-hydrogen) atoms. The van der Waals surface area contributed by atoms with Gasteiger partial charge < -0.3 is 14.0 Å². The first-order valence-corrected chi connectivity index (χ1v) is 12.9. The Labute approximate surface area is 207 Å². The number of hydrogen-bond acceptors (Lipinski definition) is 5. The Morgan fingerprint density at radius 1 is 1.09 bits per heavy atom. The van der Waals surface area contributed by atoms with Crippen molar-refractivity contribution in [3.63, 3.8) is 0 Å². The number of fused-ring (bicyclic) bond motifs is 3. The fourth-order valence-corrected chi connectivity index (χ4v) is 5.26. The van der Waals surface area contributed by atoms with Gasteiger partial charge in [0.15, 0.2) is 0 Å². The van der Waals surface area contributed by atoms with Gasteiger partial charge in [0, 0.05) is 12.1 Å². The van der Waals surface area contributed by atoms with Gasteiger partial charge in [0.2, 0.25) is 0 Å². The first kappa shape index (κ1) is 23.6. The lowest BCUT2D eigenvalue weighted by Gasteiger charge is -2.29. The topological polar surface area (TPSA) is 73.7 Å². The fraction of sp³-hybridized carbons (Fsp3) is 0.536. The molecule has 0 N–H and O–H groups in total. The molecule has 3 aliphatic rings. The Kier molecular flexibility index (Phi) is 6.43. The van der Waals surface area contributed by atoms with Gasteiger partial charge in [-0.3, -0.25) is 4.79 Å². The predicted molar refractivity (Wildman–Crippen MR) is 134 cm³/mol. The number of piperidine rings is 1. The number of nitrogens with zero attached hydrogens (tertiary/aromatic N) is 3. The molecule has 0 spiro atoms. The number of hydrogen-bond donors (Lipinski definition) is 0.